The highest BCUT2D eigenvalue weighted by Gasteiger charge is 2.43. The molecule has 1 aromatic heterocycles. The second-order valence-electron chi connectivity index (χ2n) is 13.9. The van der Waals surface area contributed by atoms with E-state index < -0.39 is 11.6 Å². The van der Waals surface area contributed by atoms with Gasteiger partial charge in [-0.25, -0.2) is 0 Å². The maximum Gasteiger partial charge on any atom is 0.309 e. The molecule has 1 saturated heterocycles. The molecular weight excluding hydrogens is 578 g/mol. The molecule has 0 radical (unpaired) electrons. The smallest absolute Gasteiger partial charge is 0.309 e. The molecule has 0 bridgehead atoms. The number of hydrogen-bond donors (Lipinski definition) is 0. The molecule has 2 aliphatic carbocycles. The number of Topliss-reactive ketones (excluding diaryl/α,β-unsaturated/α-hetero) is 1. The highest BCUT2D eigenvalue weighted by atomic mass is 35.5. The quantitative estimate of drug-likeness (QED) is 0.240. The topological polar surface area (TPSA) is 107 Å². The monoisotopic (exact) mass is 623 g/mol. The lowest BCUT2D eigenvalue weighted by molar-refractivity contribution is -0.161. The Balaban J connectivity index is 1.31. The van der Waals surface area contributed by atoms with Gasteiger partial charge in [0.2, 0.25) is 5.91 Å². The Kier molecular flexibility index (Phi) is 10.5. The van der Waals surface area contributed by atoms with Gasteiger partial charge in [0.25, 0.3) is 0 Å². The maximum atomic E-state index is 14.2. The zero-order valence-corrected chi connectivity index (χ0v) is 27.0. The van der Waals surface area contributed by atoms with Crippen molar-refractivity contribution in [2.45, 2.75) is 109 Å². The first-order valence-electron chi connectivity index (χ1n) is 16.4. The number of tetrazole rings is 1. The molecule has 2 atom stereocenters. The summed E-state index contributed by atoms with van der Waals surface area (Å²) < 4.78 is 7.16. The van der Waals surface area contributed by atoms with E-state index >= 15 is 0 Å². The summed E-state index contributed by atoms with van der Waals surface area (Å²) in [5.41, 5.74) is 0.922. The van der Waals surface area contributed by atoms with E-state index in [0.717, 1.165) is 51.4 Å². The second kappa shape index (κ2) is 14.4. The lowest BCUT2D eigenvalue weighted by Crippen LogP contribution is -2.54. The molecule has 2 saturated carbocycles. The van der Waals surface area contributed by atoms with Crippen LogP contribution in [0.3, 0.4) is 0 Å². The van der Waals surface area contributed by atoms with Crippen molar-refractivity contribution in [1.82, 2.24) is 25.1 Å². The Morgan fingerprint density at radius 3 is 2.43 bits per heavy atom. The van der Waals surface area contributed by atoms with Crippen LogP contribution < -0.4 is 0 Å². The summed E-state index contributed by atoms with van der Waals surface area (Å²) >= 11 is 6.30. The highest BCUT2D eigenvalue weighted by Crippen LogP contribution is 2.41. The number of hydrogen-bond acceptors (Lipinski definition) is 7. The number of amides is 1. The molecule has 2 unspecified atom stereocenters. The zero-order chi connectivity index (χ0) is 31.3. The van der Waals surface area contributed by atoms with Gasteiger partial charge in [0.1, 0.15) is 11.9 Å². The van der Waals surface area contributed by atoms with E-state index in [1.165, 1.54) is 30.3 Å². The van der Waals surface area contributed by atoms with Crippen LogP contribution in [0.5, 0.6) is 0 Å². The predicted molar refractivity (Wildman–Crippen MR) is 169 cm³/mol. The van der Waals surface area contributed by atoms with Crippen LogP contribution in [-0.4, -0.2) is 61.0 Å². The van der Waals surface area contributed by atoms with Crippen LogP contribution in [-0.2, 0) is 19.1 Å². The number of carbonyl (C=O) groups excluding carboxylic acids is 3. The summed E-state index contributed by atoms with van der Waals surface area (Å²) in [6.45, 7) is 6.26. The molecule has 5 rings (SSSR count). The molecule has 3 aliphatic rings. The minimum atomic E-state index is -0.495. The molecule has 1 aliphatic heterocycles. The van der Waals surface area contributed by atoms with Gasteiger partial charge in [0, 0.05) is 29.6 Å². The summed E-state index contributed by atoms with van der Waals surface area (Å²) in [6, 6.07) is 4.94. The molecule has 1 aromatic carbocycles. The fourth-order valence-electron chi connectivity index (χ4n) is 7.53. The number of piperidine rings is 1. The molecule has 44 heavy (non-hydrogen) atoms. The van der Waals surface area contributed by atoms with E-state index in [1.54, 1.807) is 24.3 Å². The third-order valence-corrected chi connectivity index (χ3v) is 9.85. The molecular formula is C34H46ClN5O4. The van der Waals surface area contributed by atoms with E-state index in [2.05, 4.69) is 15.5 Å². The van der Waals surface area contributed by atoms with Crippen LogP contribution in [0.4, 0.5) is 0 Å². The lowest BCUT2D eigenvalue weighted by Gasteiger charge is -2.45. The number of ether oxygens (including phenoxy) is 1. The van der Waals surface area contributed by atoms with Crippen LogP contribution in [0, 0.1) is 23.7 Å². The highest BCUT2D eigenvalue weighted by molar-refractivity contribution is 6.30. The predicted octanol–water partition coefficient (Wildman–Crippen LogP) is 6.62. The average molecular weight is 624 g/mol. The van der Waals surface area contributed by atoms with Gasteiger partial charge in [-0.1, -0.05) is 43.7 Å². The number of carbonyl (C=O) groups is 3. The van der Waals surface area contributed by atoms with Gasteiger partial charge in [-0.3, -0.25) is 14.4 Å². The number of benzene rings is 1. The van der Waals surface area contributed by atoms with Crippen molar-refractivity contribution in [3.05, 3.63) is 41.2 Å². The molecule has 0 N–H and O–H groups in total. The van der Waals surface area contributed by atoms with Crippen LogP contribution in [0.2, 0.25) is 5.02 Å². The Morgan fingerprint density at radius 2 is 1.75 bits per heavy atom. The molecule has 10 heteroatoms. The summed E-state index contributed by atoms with van der Waals surface area (Å²) in [6.07, 6.45) is 16.2. The zero-order valence-electron chi connectivity index (χ0n) is 26.3. The molecule has 238 valence electrons. The number of aromatic nitrogens is 4. The van der Waals surface area contributed by atoms with Gasteiger partial charge in [0.15, 0.2) is 5.78 Å². The number of esters is 1. The Bertz CT molecular complexity index is 1320. The van der Waals surface area contributed by atoms with Crippen LogP contribution in [0.1, 0.15) is 103 Å². The van der Waals surface area contributed by atoms with Crippen LogP contribution >= 0.6 is 11.6 Å². The van der Waals surface area contributed by atoms with E-state index in [-0.39, 0.29) is 35.4 Å². The third kappa shape index (κ3) is 8.14. The lowest BCUT2D eigenvalue weighted by atomic mass is 9.70. The minimum absolute atomic E-state index is 0.0989. The standard InChI is InChI=1S/C34H46ClN5O4/c1-34(2,3)44-33(43)25-13-11-23(12-14-25)20-30(41)32-28(24-8-5-4-6-9-24)10-7-19-39(32)31(42)18-15-26-21-27(35)16-17-29(26)40-22-36-37-38-40/h15-18,21-25,28,32H,4-14,19-20H2,1-3H3/b18-15+. The molecule has 3 fully saturated rings. The maximum absolute atomic E-state index is 14.2. The van der Waals surface area contributed by atoms with Gasteiger partial charge in [-0.15, -0.1) is 5.10 Å². The van der Waals surface area contributed by atoms with Crippen LogP contribution in [0.25, 0.3) is 11.8 Å². The Labute approximate surface area is 265 Å². The van der Waals surface area contributed by atoms with E-state index in [0.29, 0.717) is 35.2 Å². The van der Waals surface area contributed by atoms with E-state index in [1.807, 2.05) is 31.7 Å². The van der Waals surface area contributed by atoms with Gasteiger partial charge in [-0.05, 0) is 112 Å². The molecule has 0 spiro atoms. The first-order chi connectivity index (χ1) is 21.1. The van der Waals surface area contributed by atoms with Gasteiger partial charge < -0.3 is 9.64 Å². The van der Waals surface area contributed by atoms with Crippen molar-refractivity contribution in [2.75, 3.05) is 6.54 Å². The fraction of sp³-hybridized carbons (Fsp3) is 0.647. The fourth-order valence-corrected chi connectivity index (χ4v) is 7.71. The normalized spacial score (nSPS) is 25.2. The largest absolute Gasteiger partial charge is 0.460 e. The Morgan fingerprint density at radius 1 is 1.00 bits per heavy atom. The summed E-state index contributed by atoms with van der Waals surface area (Å²) in [4.78, 5) is 42.6. The van der Waals surface area contributed by atoms with E-state index in [4.69, 9.17) is 16.3 Å². The van der Waals surface area contributed by atoms with Gasteiger partial charge in [-0.2, -0.15) is 4.68 Å². The van der Waals surface area contributed by atoms with Crippen molar-refractivity contribution in [2.24, 2.45) is 23.7 Å². The van der Waals surface area contributed by atoms with Gasteiger partial charge in [0.05, 0.1) is 17.6 Å². The first kappa shape index (κ1) is 32.3. The summed E-state index contributed by atoms with van der Waals surface area (Å²) in [7, 11) is 0. The minimum Gasteiger partial charge on any atom is -0.460 e. The van der Waals surface area contributed by atoms with Gasteiger partial charge >= 0.3 is 5.97 Å². The van der Waals surface area contributed by atoms with Crippen molar-refractivity contribution in [3.63, 3.8) is 0 Å². The third-order valence-electron chi connectivity index (χ3n) is 9.61. The number of rotatable bonds is 8. The first-order valence-corrected chi connectivity index (χ1v) is 16.7. The summed E-state index contributed by atoms with van der Waals surface area (Å²) in [5.74, 6) is 0.694. The molecule has 9 nitrogen and oxygen atoms in total. The number of ketones is 1. The van der Waals surface area contributed by atoms with Crippen molar-refractivity contribution in [1.29, 1.82) is 0 Å². The van der Waals surface area contributed by atoms with Crippen LogP contribution in [0.15, 0.2) is 30.6 Å². The number of halogens is 1. The SMILES string of the molecule is CC(C)(C)OC(=O)C1CCC(CC(=O)C2C(C3CCCCC3)CCCN2C(=O)/C=C/c2cc(Cl)ccc2-n2cnnn2)CC1. The van der Waals surface area contributed by atoms with Crippen molar-refractivity contribution in [3.8, 4) is 5.69 Å². The molecule has 1 amide bonds. The van der Waals surface area contributed by atoms with Crippen molar-refractivity contribution >= 4 is 35.3 Å². The van der Waals surface area contributed by atoms with Crippen molar-refractivity contribution < 1.29 is 19.1 Å². The summed E-state index contributed by atoms with van der Waals surface area (Å²) in [5, 5.41) is 12.0. The average Bonchev–Trinajstić information content (AvgIpc) is 3.54. The van der Waals surface area contributed by atoms with E-state index in [9.17, 15) is 14.4 Å². The number of likely N-dealkylation sites (tertiary alicyclic amines) is 1. The Hall–Kier alpha value is -3.07. The number of nitrogens with zero attached hydrogens (tertiary/aromatic N) is 5. The molecule has 2 heterocycles. The molecule has 2 aromatic rings. The second-order valence-corrected chi connectivity index (χ2v) is 14.3.